The molecule has 4 rings (SSSR count). The molecule has 1 aromatic rings. The smallest absolute Gasteiger partial charge is 0.459 e. The van der Waals surface area contributed by atoms with E-state index in [2.05, 4.69) is 0 Å². The first kappa shape index (κ1) is 45.8. The van der Waals surface area contributed by atoms with E-state index in [4.69, 9.17) is 37.9 Å². The highest BCUT2D eigenvalue weighted by atomic mass is 16.8. The van der Waals surface area contributed by atoms with Crippen molar-refractivity contribution < 1.29 is 67.6 Å². The van der Waals surface area contributed by atoms with Crippen LogP contribution in [0.25, 0.3) is 0 Å². The molecule has 3 saturated heterocycles. The Morgan fingerprint density at radius 2 is 1.71 bits per heavy atom. The van der Waals surface area contributed by atoms with Gasteiger partial charge in [0, 0.05) is 25.6 Å². The molecule has 3 aliphatic rings. The van der Waals surface area contributed by atoms with E-state index < -0.39 is 90.3 Å². The maximum Gasteiger partial charge on any atom is 0.510 e. The number of hydrogen-bond donors (Lipinski definition) is 3. The lowest BCUT2D eigenvalue weighted by atomic mass is 9.77. The average molecular weight is 797 g/mol. The van der Waals surface area contributed by atoms with E-state index in [9.17, 15) is 29.7 Å². The lowest BCUT2D eigenvalue weighted by molar-refractivity contribution is -0.299. The van der Waals surface area contributed by atoms with Gasteiger partial charge in [0.1, 0.15) is 30.7 Å². The first-order valence-electron chi connectivity index (χ1n) is 19.5. The Kier molecular flexibility index (Phi) is 15.7. The molecule has 0 radical (unpaired) electrons. The summed E-state index contributed by atoms with van der Waals surface area (Å²) in [5.41, 5.74) is -3.16. The predicted molar refractivity (Wildman–Crippen MR) is 201 cm³/mol. The summed E-state index contributed by atoms with van der Waals surface area (Å²) in [7, 11) is 6.81. The maximum atomic E-state index is 14.3. The molecule has 0 aromatic heterocycles. The number of carbonyl (C=O) groups is 3. The normalized spacial score (nSPS) is 39.7. The molecule has 318 valence electrons. The largest absolute Gasteiger partial charge is 0.510 e. The number of cyclic esters (lactones) is 1. The van der Waals surface area contributed by atoms with Gasteiger partial charge in [0.2, 0.25) is 0 Å². The second-order valence-electron chi connectivity index (χ2n) is 16.5. The Balaban J connectivity index is 1.84. The van der Waals surface area contributed by atoms with E-state index in [1.165, 1.54) is 21.0 Å². The Hall–Kier alpha value is -2.93. The van der Waals surface area contributed by atoms with Crippen LogP contribution >= 0.6 is 0 Å². The van der Waals surface area contributed by atoms with Crippen LogP contribution in [0.2, 0.25) is 0 Å². The van der Waals surface area contributed by atoms with Crippen molar-refractivity contribution in [3.63, 3.8) is 0 Å². The summed E-state index contributed by atoms with van der Waals surface area (Å²) in [4.78, 5) is 44.7. The first-order valence-corrected chi connectivity index (χ1v) is 19.5. The Labute approximate surface area is 330 Å². The molecule has 3 N–H and O–H groups in total. The van der Waals surface area contributed by atoms with Gasteiger partial charge < -0.3 is 58.1 Å². The fraction of sp³-hybridized carbons (Fsp3) is 0.775. The molecule has 15 atom stereocenters. The number of fused-ring (bicyclic) bond motifs is 1. The molecule has 16 heteroatoms. The third kappa shape index (κ3) is 10.6. The van der Waals surface area contributed by atoms with Gasteiger partial charge in [-0.2, -0.15) is 0 Å². The molecule has 3 aliphatic heterocycles. The van der Waals surface area contributed by atoms with Crippen LogP contribution in [0.3, 0.4) is 0 Å². The summed E-state index contributed by atoms with van der Waals surface area (Å²) in [6, 6.07) is 8.31. The standard InChI is InChI=1S/C40H64N2O14/c1-12-28-40(7,48)33-34(56-38(46)55-33)42(10)20-22(2)19-39(6,47)32(54-37-29(43)27(41(8)9)18-23(3)51-37)24(4)30(25(5)35(44)52-28)53-36(45)31(50-21-49-11)26-16-14-13-15-17-26/h13-17,22-25,27-34,37,43,47-48H,12,18-21H2,1-11H3/t22-,23-,24+,25-,27+,28-,29-,30+,31?,32-,33?,34-,37+,39-,40-/m1/s1. The SMILES string of the molecule is CC[C@H]1OC(=O)[C@H](C)[C@@H](OC(=O)C(OCOC)c2ccccc2)[C@H](C)[C@@H](O[C@@H]2O[C@H](C)C[C@H](N(C)C)[C@H]2O)[C@](C)(O)C[C@@H](C)CN(C)[C@@H]2OC(=O)OC2[C@]1(C)O. The van der Waals surface area contributed by atoms with Crippen LogP contribution in [0.1, 0.15) is 79.4 Å². The second kappa shape index (κ2) is 19.2. The van der Waals surface area contributed by atoms with Crippen molar-refractivity contribution in [1.82, 2.24) is 9.80 Å². The third-order valence-corrected chi connectivity index (χ3v) is 11.3. The summed E-state index contributed by atoms with van der Waals surface area (Å²) < 4.78 is 47.1. The van der Waals surface area contributed by atoms with Gasteiger partial charge in [0.05, 0.1) is 23.7 Å². The number of rotatable bonds is 10. The summed E-state index contributed by atoms with van der Waals surface area (Å²) >= 11 is 0. The zero-order chi connectivity index (χ0) is 41.7. The molecule has 0 bridgehead atoms. The summed E-state index contributed by atoms with van der Waals surface area (Å²) in [6.07, 6.45) is -10.2. The molecular weight excluding hydrogens is 732 g/mol. The van der Waals surface area contributed by atoms with Crippen LogP contribution in [0, 0.1) is 17.8 Å². The highest BCUT2D eigenvalue weighted by Gasteiger charge is 2.56. The topological polar surface area (TPSA) is 192 Å². The molecule has 0 aliphatic carbocycles. The third-order valence-electron chi connectivity index (χ3n) is 11.3. The minimum atomic E-state index is -1.92. The minimum Gasteiger partial charge on any atom is -0.459 e. The molecule has 16 nitrogen and oxygen atoms in total. The van der Waals surface area contributed by atoms with E-state index in [1.807, 2.05) is 32.8 Å². The number of nitrogens with zero attached hydrogens (tertiary/aromatic N) is 2. The van der Waals surface area contributed by atoms with Crippen LogP contribution in [0.4, 0.5) is 4.79 Å². The summed E-state index contributed by atoms with van der Waals surface area (Å²) in [5, 5.41) is 36.1. The number of aliphatic hydroxyl groups is 3. The van der Waals surface area contributed by atoms with Crippen LogP contribution in [0.15, 0.2) is 30.3 Å². The number of esters is 2. The van der Waals surface area contributed by atoms with Gasteiger partial charge in [0.15, 0.2) is 24.7 Å². The van der Waals surface area contributed by atoms with Gasteiger partial charge in [-0.3, -0.25) is 9.69 Å². The Bertz CT molecular complexity index is 1440. The van der Waals surface area contributed by atoms with Crippen LogP contribution < -0.4 is 0 Å². The number of benzene rings is 1. The van der Waals surface area contributed by atoms with Gasteiger partial charge in [-0.15, -0.1) is 0 Å². The molecule has 0 amide bonds. The highest BCUT2D eigenvalue weighted by Crippen LogP contribution is 2.39. The molecule has 3 heterocycles. The summed E-state index contributed by atoms with van der Waals surface area (Å²) in [5.74, 6) is -4.18. The quantitative estimate of drug-likeness (QED) is 0.178. The minimum absolute atomic E-state index is 0.0884. The van der Waals surface area contributed by atoms with E-state index in [-0.39, 0.29) is 44.2 Å². The lowest BCUT2D eigenvalue weighted by Crippen LogP contribution is -2.59. The van der Waals surface area contributed by atoms with Gasteiger partial charge >= 0.3 is 18.1 Å². The Morgan fingerprint density at radius 1 is 1.05 bits per heavy atom. The van der Waals surface area contributed by atoms with E-state index in [1.54, 1.807) is 63.1 Å². The predicted octanol–water partition coefficient (Wildman–Crippen LogP) is 3.00. The second-order valence-corrected chi connectivity index (χ2v) is 16.5. The number of likely N-dealkylation sites (N-methyl/N-ethyl adjacent to an activating group) is 2. The molecule has 0 saturated carbocycles. The van der Waals surface area contributed by atoms with Crippen molar-refractivity contribution in [1.29, 1.82) is 0 Å². The van der Waals surface area contributed by atoms with Crippen LogP contribution in [-0.4, -0.2) is 151 Å². The van der Waals surface area contributed by atoms with Gasteiger partial charge in [-0.05, 0) is 79.6 Å². The fourth-order valence-corrected chi connectivity index (χ4v) is 8.47. The van der Waals surface area contributed by atoms with Crippen molar-refractivity contribution in [3.05, 3.63) is 35.9 Å². The molecular formula is C40H64N2O14. The number of carbonyl (C=O) groups excluding carboxylic acids is 3. The number of methoxy groups -OCH3 is 1. The van der Waals surface area contributed by atoms with Gasteiger partial charge in [-0.1, -0.05) is 51.1 Å². The highest BCUT2D eigenvalue weighted by molar-refractivity contribution is 5.78. The lowest BCUT2D eigenvalue weighted by Gasteiger charge is -2.47. The van der Waals surface area contributed by atoms with E-state index in [0.29, 0.717) is 12.0 Å². The van der Waals surface area contributed by atoms with Crippen LogP contribution in [0.5, 0.6) is 0 Å². The zero-order valence-corrected chi connectivity index (χ0v) is 34.7. The van der Waals surface area contributed by atoms with Crippen molar-refractivity contribution in [2.45, 2.75) is 140 Å². The number of ether oxygens (including phenoxy) is 8. The summed E-state index contributed by atoms with van der Waals surface area (Å²) in [6.45, 7) is 11.7. The van der Waals surface area contributed by atoms with E-state index in [0.717, 1.165) is 0 Å². The fourth-order valence-electron chi connectivity index (χ4n) is 8.47. The van der Waals surface area contributed by atoms with Crippen LogP contribution in [-0.2, 0) is 47.5 Å². The molecule has 1 aromatic carbocycles. The van der Waals surface area contributed by atoms with Gasteiger partial charge in [0.25, 0.3) is 0 Å². The molecule has 56 heavy (non-hydrogen) atoms. The van der Waals surface area contributed by atoms with Crippen molar-refractivity contribution in [3.8, 4) is 0 Å². The van der Waals surface area contributed by atoms with E-state index >= 15 is 0 Å². The molecule has 2 unspecified atom stereocenters. The average Bonchev–Trinajstić information content (AvgIpc) is 3.54. The van der Waals surface area contributed by atoms with Crippen molar-refractivity contribution >= 4 is 18.1 Å². The zero-order valence-electron chi connectivity index (χ0n) is 34.7. The Morgan fingerprint density at radius 3 is 2.32 bits per heavy atom. The van der Waals surface area contributed by atoms with Crippen molar-refractivity contribution in [2.75, 3.05) is 41.6 Å². The molecule has 3 fully saturated rings. The first-order chi connectivity index (χ1) is 26.2. The number of aliphatic hydroxyl groups excluding tert-OH is 1. The van der Waals surface area contributed by atoms with Gasteiger partial charge in [-0.25, -0.2) is 9.59 Å². The maximum absolute atomic E-state index is 14.3. The monoisotopic (exact) mass is 796 g/mol. The molecule has 0 spiro atoms. The van der Waals surface area contributed by atoms with Crippen molar-refractivity contribution in [2.24, 2.45) is 17.8 Å². The number of hydrogen-bond acceptors (Lipinski definition) is 16.